The van der Waals surface area contributed by atoms with E-state index in [0.717, 1.165) is 29.1 Å². The van der Waals surface area contributed by atoms with Gasteiger partial charge < -0.3 is 0 Å². The molecule has 4 nitrogen and oxygen atoms in total. The van der Waals surface area contributed by atoms with Gasteiger partial charge in [-0.1, -0.05) is 48.5 Å². The van der Waals surface area contributed by atoms with Gasteiger partial charge >= 0.3 is 0 Å². The highest BCUT2D eigenvalue weighted by Crippen LogP contribution is 2.23. The Kier molecular flexibility index (Phi) is 4.93. The maximum Gasteiger partial charge on any atom is 0.285 e. The normalized spacial score (nSPS) is 12.2. The van der Waals surface area contributed by atoms with E-state index in [-0.39, 0.29) is 4.90 Å². The molecule has 140 valence electrons. The predicted molar refractivity (Wildman–Crippen MR) is 108 cm³/mol. The molecule has 0 unspecified atom stereocenters. The summed E-state index contributed by atoms with van der Waals surface area (Å²) in [5, 5.41) is 1.88. The van der Waals surface area contributed by atoms with E-state index in [1.54, 1.807) is 4.57 Å². The lowest BCUT2D eigenvalue weighted by molar-refractivity contribution is 0.595. The van der Waals surface area contributed by atoms with E-state index >= 15 is 0 Å². The summed E-state index contributed by atoms with van der Waals surface area (Å²) in [7, 11) is -3.98. The monoisotopic (exact) mass is 410 g/mol. The fourth-order valence-electron chi connectivity index (χ4n) is 2.77. The molecule has 0 spiro atoms. The lowest BCUT2D eigenvalue weighted by Crippen LogP contribution is -2.16. The molecule has 0 saturated heterocycles. The van der Waals surface area contributed by atoms with Crippen LogP contribution < -0.4 is 4.80 Å². The van der Waals surface area contributed by atoms with E-state index in [0.29, 0.717) is 4.80 Å². The average Bonchev–Trinajstić information content (AvgIpc) is 3.12. The number of halogens is 1. The summed E-state index contributed by atoms with van der Waals surface area (Å²) in [6.45, 7) is 0. The molecule has 0 aliphatic carbocycles. The van der Waals surface area contributed by atoms with Crippen LogP contribution in [0.1, 0.15) is 0 Å². The van der Waals surface area contributed by atoms with Crippen LogP contribution in [0.25, 0.3) is 16.9 Å². The number of benzene rings is 3. The van der Waals surface area contributed by atoms with Crippen molar-refractivity contribution in [1.29, 1.82) is 0 Å². The summed E-state index contributed by atoms with van der Waals surface area (Å²) in [4.78, 5) is 0.262. The van der Waals surface area contributed by atoms with Crippen molar-refractivity contribution < 1.29 is 12.8 Å². The number of rotatable bonds is 4. The van der Waals surface area contributed by atoms with Crippen LogP contribution in [-0.4, -0.2) is 13.0 Å². The summed E-state index contributed by atoms with van der Waals surface area (Å²) < 4.78 is 44.5. The second-order valence-electron chi connectivity index (χ2n) is 5.96. The van der Waals surface area contributed by atoms with Gasteiger partial charge in [0.2, 0.25) is 4.80 Å². The van der Waals surface area contributed by atoms with Gasteiger partial charge in [-0.05, 0) is 42.0 Å². The van der Waals surface area contributed by atoms with E-state index in [1.807, 2.05) is 66.0 Å². The predicted octanol–water partition coefficient (Wildman–Crippen LogP) is 4.63. The molecule has 1 aromatic heterocycles. The van der Waals surface area contributed by atoms with E-state index < -0.39 is 15.8 Å². The third-order valence-corrected chi connectivity index (χ3v) is 6.32. The molecule has 0 atom stereocenters. The third kappa shape index (κ3) is 3.67. The zero-order valence-electron chi connectivity index (χ0n) is 14.6. The van der Waals surface area contributed by atoms with Crippen LogP contribution in [0, 0.1) is 5.82 Å². The fraction of sp³-hybridized carbons (Fsp3) is 0. The lowest BCUT2D eigenvalue weighted by atomic mass is 10.1. The number of aromatic nitrogens is 1. The van der Waals surface area contributed by atoms with Crippen LogP contribution in [0.5, 0.6) is 0 Å². The van der Waals surface area contributed by atoms with Gasteiger partial charge in [0, 0.05) is 11.1 Å². The number of nitrogens with zero attached hydrogens (tertiary/aromatic N) is 2. The highest BCUT2D eigenvalue weighted by atomic mass is 32.2. The number of hydrogen-bond acceptors (Lipinski definition) is 3. The van der Waals surface area contributed by atoms with Crippen molar-refractivity contribution in [3.05, 3.63) is 101 Å². The topological polar surface area (TPSA) is 51.4 Å². The van der Waals surface area contributed by atoms with Gasteiger partial charge in [0.1, 0.15) is 5.82 Å². The highest BCUT2D eigenvalue weighted by molar-refractivity contribution is 7.90. The third-order valence-electron chi connectivity index (χ3n) is 4.10. The van der Waals surface area contributed by atoms with E-state index in [4.69, 9.17) is 0 Å². The molecule has 0 amide bonds. The first kappa shape index (κ1) is 18.3. The van der Waals surface area contributed by atoms with Gasteiger partial charge in [-0.2, -0.15) is 8.42 Å². The van der Waals surface area contributed by atoms with Crippen LogP contribution in [0.4, 0.5) is 4.39 Å². The molecule has 7 heteroatoms. The molecule has 0 bridgehead atoms. The number of thiazole rings is 1. The molecule has 4 aromatic rings. The van der Waals surface area contributed by atoms with Crippen LogP contribution in [0.3, 0.4) is 0 Å². The number of hydrogen-bond donors (Lipinski definition) is 0. The zero-order valence-corrected chi connectivity index (χ0v) is 16.2. The number of sulfonamides is 1. The van der Waals surface area contributed by atoms with Gasteiger partial charge in [0.05, 0.1) is 10.6 Å². The molecule has 4 rings (SSSR count). The van der Waals surface area contributed by atoms with Crippen LogP contribution in [0.15, 0.2) is 99.6 Å². The maximum atomic E-state index is 13.2. The lowest BCUT2D eigenvalue weighted by Gasteiger charge is -2.09. The Balaban J connectivity index is 1.94. The summed E-state index contributed by atoms with van der Waals surface area (Å²) in [5.74, 6) is -0.499. The minimum atomic E-state index is -3.98. The first-order valence-electron chi connectivity index (χ1n) is 8.42. The molecular formula is C21H15FN2O2S2. The van der Waals surface area contributed by atoms with Crippen molar-refractivity contribution in [1.82, 2.24) is 4.57 Å². The van der Waals surface area contributed by atoms with Crippen LogP contribution in [0.2, 0.25) is 0 Å². The van der Waals surface area contributed by atoms with Crippen molar-refractivity contribution in [3.8, 4) is 16.9 Å². The second-order valence-corrected chi connectivity index (χ2v) is 8.40. The average molecular weight is 410 g/mol. The van der Waals surface area contributed by atoms with E-state index in [1.165, 1.54) is 23.5 Å². The van der Waals surface area contributed by atoms with E-state index in [9.17, 15) is 12.8 Å². The molecule has 0 aliphatic rings. The minimum absolute atomic E-state index is 0.0526. The zero-order chi connectivity index (χ0) is 19.6. The quantitative estimate of drug-likeness (QED) is 0.492. The Labute approximate surface area is 165 Å². The van der Waals surface area contributed by atoms with E-state index in [2.05, 4.69) is 4.40 Å². The Hall–Kier alpha value is -3.03. The van der Waals surface area contributed by atoms with Crippen molar-refractivity contribution in [2.45, 2.75) is 4.90 Å². The number of para-hydroxylation sites is 1. The second kappa shape index (κ2) is 7.53. The molecule has 0 radical (unpaired) electrons. The Bertz CT molecular complexity index is 1260. The van der Waals surface area contributed by atoms with Crippen molar-refractivity contribution in [3.63, 3.8) is 0 Å². The molecule has 1 heterocycles. The summed E-state index contributed by atoms with van der Waals surface area (Å²) in [6.07, 6.45) is 0. The molecular weight excluding hydrogens is 395 g/mol. The Morgan fingerprint density at radius 2 is 1.43 bits per heavy atom. The summed E-state index contributed by atoms with van der Waals surface area (Å²) in [6, 6.07) is 23.8. The minimum Gasteiger partial charge on any atom is -0.284 e. The smallest absolute Gasteiger partial charge is 0.284 e. The molecule has 3 aromatic carbocycles. The maximum absolute atomic E-state index is 13.2. The SMILES string of the molecule is O=S(=O)(N=c1scc(-c2ccccc2)n1-c1ccccc1)c1ccc(F)cc1. The molecule has 0 fully saturated rings. The van der Waals surface area contributed by atoms with Gasteiger partial charge in [-0.25, -0.2) is 4.39 Å². The Morgan fingerprint density at radius 3 is 2.07 bits per heavy atom. The molecule has 28 heavy (non-hydrogen) atoms. The highest BCUT2D eigenvalue weighted by Gasteiger charge is 2.16. The van der Waals surface area contributed by atoms with Crippen molar-refractivity contribution >= 4 is 21.4 Å². The van der Waals surface area contributed by atoms with Gasteiger partial charge in [0.25, 0.3) is 10.0 Å². The summed E-state index contributed by atoms with van der Waals surface area (Å²) in [5.41, 5.74) is 2.59. The molecule has 0 aliphatic heterocycles. The van der Waals surface area contributed by atoms with Crippen molar-refractivity contribution in [2.75, 3.05) is 0 Å². The van der Waals surface area contributed by atoms with Crippen molar-refractivity contribution in [2.24, 2.45) is 4.40 Å². The Morgan fingerprint density at radius 1 is 0.821 bits per heavy atom. The molecule has 0 N–H and O–H groups in total. The summed E-state index contributed by atoms with van der Waals surface area (Å²) >= 11 is 1.23. The van der Waals surface area contributed by atoms with Gasteiger partial charge in [0.15, 0.2) is 0 Å². The first-order chi connectivity index (χ1) is 13.5. The van der Waals surface area contributed by atoms with Gasteiger partial charge in [-0.15, -0.1) is 15.7 Å². The molecule has 0 saturated carbocycles. The van der Waals surface area contributed by atoms with Gasteiger partial charge in [-0.3, -0.25) is 4.57 Å². The first-order valence-corrected chi connectivity index (χ1v) is 10.7. The standard InChI is InChI=1S/C21H15FN2O2S2/c22-17-11-13-19(14-12-17)28(25,26)23-21-24(18-9-5-2-6-10-18)20(15-27-21)16-7-3-1-4-8-16/h1-15H. The van der Waals surface area contributed by atoms with Crippen LogP contribution in [-0.2, 0) is 10.0 Å². The fourth-order valence-corrected chi connectivity index (χ4v) is 4.88. The largest absolute Gasteiger partial charge is 0.285 e. The van der Waals surface area contributed by atoms with Crippen LogP contribution >= 0.6 is 11.3 Å².